The number of para-hydroxylation sites is 2. The number of ketones is 4. The standard InChI is InChI=1S/C94H128N18O22S/c1-10-11-21-75-87(126)104-70(36-52(2)3)80(118)41-60(78(116)29-23-53(4)113)49-135-50-82(120)101-73(37-56-24-26-62(114)27-25-56)92(131)108(7)54(5)79(117)40-57(42-81(96)119)91(130)111-33-16-22-76(111)88(127)106-72(43-61-47-97-51-100-61)86(125)103-69(28-30-83(121)122)93(132)112-48-63(115)44-77(112)89(128)105-71(38-58-45-98-66-19-14-12-17-64(58)66)85(124)102-68(31-32-95)84(123)107-74(39-59-46-99-67-20-15-13-18-65(59)67)94(133)110(34-35-134-9)55(6)90(129)109(75)8/h12-15,17-20,24-27,45-47,51-52,54-55,57,60,63,68-77,98-99,114-115H,10-11,16,21-23,28-44,48-50,95H2,1-9H3,(H2,96,119)(H,97,100)(H,101,120)(H,102,124)(H,103,125)(H,104,126)(H,105,128)(H,106,127)(H,107,123)(H,121,122)/t54-,55-,57-,60-,63+,68-,69-,70-,71-,72-,73-,74-,75-,76-,77-/m0/s1. The molecule has 9 rings (SSSR count). The Hall–Kier alpha value is -12.8. The first-order valence-corrected chi connectivity index (χ1v) is 46.9. The van der Waals surface area contributed by atoms with Crippen molar-refractivity contribution in [3.05, 3.63) is 120 Å². The Kier molecular flexibility index (Phi) is 39.7. The fraction of sp³-hybridized carbons (Fsp3) is 0.543. The lowest BCUT2D eigenvalue weighted by Crippen LogP contribution is -2.61. The van der Waals surface area contributed by atoms with Crippen LogP contribution >= 0.6 is 11.8 Å². The number of aromatic nitrogens is 4. The molecule has 13 amide bonds. The summed E-state index contributed by atoms with van der Waals surface area (Å²) in [6.45, 7) is 8.15. The number of aromatic hydroxyl groups is 1. The number of nitrogens with two attached hydrogens (primary N) is 2. The van der Waals surface area contributed by atoms with Gasteiger partial charge in [0, 0.05) is 169 Å². The van der Waals surface area contributed by atoms with Gasteiger partial charge in [0.1, 0.15) is 77.7 Å². The minimum absolute atomic E-state index is 0.0337. The lowest BCUT2D eigenvalue weighted by Gasteiger charge is -2.36. The molecule has 3 aliphatic heterocycles. The van der Waals surface area contributed by atoms with Gasteiger partial charge in [-0.15, -0.1) is 0 Å². The van der Waals surface area contributed by atoms with Crippen LogP contribution in [0.1, 0.15) is 160 Å². The zero-order valence-electron chi connectivity index (χ0n) is 77.7. The number of methoxy groups -OCH3 is 1. The SMILES string of the molecule is CCCC[C@H]1C(=O)N[C@@H](CC(C)C)C(=O)C[C@H](C(=O)CCC(C)=O)CSCC(=O)N[C@@H](Cc2ccc(O)cc2)C(=O)N(C)[C@@H](C)C(=O)C[C@@H](CC(N)=O)C(=O)N2CCC[C@H]2C(=O)N[C@@H](Cc2cnc[nH]2)C(=O)N[C@@H](CCC(=O)O)C(=O)N2C[C@H](O)C[C@H]2C(=O)N[C@@H](Cc2c[nH]c3ccccc23)C(=O)N[C@@H](CCN)C(=O)N[C@@H](Cc2c[nH]c3ccccc23)C(=O)N(CCOC)[C@@H](C)C(=O)N1C. The fourth-order valence-electron chi connectivity index (χ4n) is 17.3. The summed E-state index contributed by atoms with van der Waals surface area (Å²) in [6.07, 6.45) is -0.233. The number of Topliss-reactive ketones (excluding diaryl/α,β-unsaturated/α-hetero) is 4. The Morgan fingerprint density at radius 1 is 0.607 bits per heavy atom. The van der Waals surface area contributed by atoms with Gasteiger partial charge in [0.25, 0.3) is 0 Å². The number of primary amides is 1. The van der Waals surface area contributed by atoms with E-state index in [9.17, 15) is 58.5 Å². The molecule has 0 bridgehead atoms. The molecule has 6 heterocycles. The molecule has 3 aromatic heterocycles. The normalized spacial score (nSPS) is 24.9. The number of rotatable bonds is 27. The number of hydrogen-bond donors (Lipinski definition) is 15. The first kappa shape index (κ1) is 106. The first-order chi connectivity index (χ1) is 64.3. The molecule has 40 nitrogen and oxygen atoms in total. The van der Waals surface area contributed by atoms with E-state index in [1.165, 1.54) is 88.6 Å². The van der Waals surface area contributed by atoms with Crippen LogP contribution in [0.25, 0.3) is 21.8 Å². The number of ether oxygens (including phenoxy) is 1. The number of phenols is 1. The number of carboxylic acids is 1. The molecular weight excluding hydrogens is 1770 g/mol. The lowest BCUT2D eigenvalue weighted by molar-refractivity contribution is -0.150. The molecule has 15 atom stereocenters. The molecule has 0 spiro atoms. The molecular formula is C94H128N18O22S. The highest BCUT2D eigenvalue weighted by atomic mass is 32.2. The zero-order valence-corrected chi connectivity index (χ0v) is 78.5. The molecule has 0 aliphatic carbocycles. The number of unbranched alkanes of at least 4 members (excludes halogenated alkanes) is 1. The number of fused-ring (bicyclic) bond motifs is 4. The van der Waals surface area contributed by atoms with E-state index >= 15 is 43.2 Å². The number of carboxylic acid groups (broad SMARTS) is 1. The van der Waals surface area contributed by atoms with Crippen molar-refractivity contribution in [1.29, 1.82) is 0 Å². The molecule has 0 unspecified atom stereocenters. The summed E-state index contributed by atoms with van der Waals surface area (Å²) in [4.78, 5) is 283. The second-order valence-corrected chi connectivity index (χ2v) is 36.5. The van der Waals surface area contributed by atoms with E-state index in [-0.39, 0.29) is 126 Å². The molecule has 3 fully saturated rings. The lowest BCUT2D eigenvalue weighted by atomic mass is 9.90. The second kappa shape index (κ2) is 50.5. The van der Waals surface area contributed by atoms with Gasteiger partial charge in [-0.05, 0) is 113 Å². The van der Waals surface area contributed by atoms with E-state index in [1.807, 2.05) is 6.92 Å². The summed E-state index contributed by atoms with van der Waals surface area (Å²) < 4.78 is 5.54. The number of hydrogen-bond acceptors (Lipinski definition) is 24. The number of nitrogens with zero attached hydrogens (tertiary/aromatic N) is 6. The summed E-state index contributed by atoms with van der Waals surface area (Å²) in [5.41, 5.74) is 15.0. The number of phenolic OH excluding ortho intramolecular Hbond substituents is 1. The van der Waals surface area contributed by atoms with Crippen molar-refractivity contribution in [3.8, 4) is 5.75 Å². The van der Waals surface area contributed by atoms with Crippen LogP contribution in [0.3, 0.4) is 0 Å². The highest BCUT2D eigenvalue weighted by Crippen LogP contribution is 2.30. The minimum Gasteiger partial charge on any atom is -0.508 e. The number of carbonyl (C=O) groups excluding carboxylic acids is 17. The van der Waals surface area contributed by atoms with Crippen LogP contribution in [0.15, 0.2) is 97.7 Å². The number of thioether (sulfide) groups is 1. The maximum absolute atomic E-state index is 15.9. The number of benzene rings is 3. The van der Waals surface area contributed by atoms with Gasteiger partial charge < -0.3 is 113 Å². The highest BCUT2D eigenvalue weighted by molar-refractivity contribution is 7.99. The molecule has 0 saturated carbocycles. The molecule has 0 radical (unpaired) electrons. The van der Waals surface area contributed by atoms with Gasteiger partial charge in [0.2, 0.25) is 76.8 Å². The Morgan fingerprint density at radius 3 is 1.80 bits per heavy atom. The second-order valence-electron chi connectivity index (χ2n) is 35.5. The topological polar surface area (TPSA) is 590 Å². The third-order valence-corrected chi connectivity index (χ3v) is 26.0. The third kappa shape index (κ3) is 29.6. The quantitative estimate of drug-likeness (QED) is 0.0346. The van der Waals surface area contributed by atoms with E-state index in [4.69, 9.17) is 16.2 Å². The predicted octanol–water partition coefficient (Wildman–Crippen LogP) is 1.39. The molecule has 41 heteroatoms. The third-order valence-electron chi connectivity index (χ3n) is 24.9. The van der Waals surface area contributed by atoms with Crippen LogP contribution in [0.5, 0.6) is 5.75 Å². The van der Waals surface area contributed by atoms with E-state index in [2.05, 4.69) is 57.2 Å². The first-order valence-electron chi connectivity index (χ1n) is 45.7. The van der Waals surface area contributed by atoms with Crippen molar-refractivity contribution < 1.29 is 106 Å². The fourth-order valence-corrected chi connectivity index (χ4v) is 18.3. The molecule has 3 aromatic carbocycles. The van der Waals surface area contributed by atoms with Crippen molar-refractivity contribution in [2.45, 2.75) is 242 Å². The Morgan fingerprint density at radius 2 is 1.20 bits per heavy atom. The molecule has 3 saturated heterocycles. The monoisotopic (exact) mass is 1890 g/mol. The summed E-state index contributed by atoms with van der Waals surface area (Å²) >= 11 is 0.923. The predicted molar refractivity (Wildman–Crippen MR) is 496 cm³/mol. The Bertz CT molecular complexity index is 5220. The smallest absolute Gasteiger partial charge is 0.303 e. The van der Waals surface area contributed by atoms with E-state index in [0.29, 0.717) is 51.3 Å². The number of amides is 13. The van der Waals surface area contributed by atoms with Crippen LogP contribution in [-0.2, 0) is 117 Å². The number of aliphatic hydroxyl groups excluding tert-OH is 1. The van der Waals surface area contributed by atoms with E-state index in [0.717, 1.165) is 26.5 Å². The molecule has 732 valence electrons. The van der Waals surface area contributed by atoms with Gasteiger partial charge in [0.15, 0.2) is 11.6 Å². The van der Waals surface area contributed by atoms with Crippen molar-refractivity contribution in [2.24, 2.45) is 29.2 Å². The van der Waals surface area contributed by atoms with Crippen molar-refractivity contribution in [3.63, 3.8) is 0 Å². The zero-order chi connectivity index (χ0) is 98.6. The Balaban J connectivity index is 1.11. The van der Waals surface area contributed by atoms with Crippen LogP contribution in [0, 0.1) is 17.8 Å². The van der Waals surface area contributed by atoms with Gasteiger partial charge in [-0.3, -0.25) is 81.5 Å². The maximum Gasteiger partial charge on any atom is 0.303 e. The number of aliphatic hydroxyl groups is 1. The van der Waals surface area contributed by atoms with Crippen molar-refractivity contribution in [1.82, 2.24) is 81.7 Å². The van der Waals surface area contributed by atoms with Gasteiger partial charge in [-0.25, -0.2) is 4.98 Å². The van der Waals surface area contributed by atoms with Gasteiger partial charge in [-0.1, -0.05) is 82.1 Å². The molecule has 6 aromatic rings. The van der Waals surface area contributed by atoms with Crippen LogP contribution < -0.4 is 48.7 Å². The van der Waals surface area contributed by atoms with Gasteiger partial charge in [0.05, 0.1) is 42.8 Å². The maximum atomic E-state index is 15.9. The van der Waals surface area contributed by atoms with Crippen molar-refractivity contribution >= 4 is 139 Å². The average molecular weight is 1890 g/mol. The van der Waals surface area contributed by atoms with Crippen LogP contribution in [0.4, 0.5) is 0 Å². The highest BCUT2D eigenvalue weighted by Gasteiger charge is 2.47. The molecule has 135 heavy (non-hydrogen) atoms. The van der Waals surface area contributed by atoms with E-state index in [1.54, 1.807) is 74.8 Å². The van der Waals surface area contributed by atoms with Crippen LogP contribution in [-0.4, -0.2) is 310 Å². The molecule has 17 N–H and O–H groups in total. The Labute approximate surface area is 786 Å². The average Bonchev–Trinajstić information content (AvgIpc) is 1.73. The summed E-state index contributed by atoms with van der Waals surface area (Å²) in [5, 5.41) is 52.3. The number of nitrogens with one attached hydrogen (secondary N) is 10. The van der Waals surface area contributed by atoms with E-state index < -0.39 is 241 Å². The van der Waals surface area contributed by atoms with Gasteiger partial charge >= 0.3 is 5.97 Å². The van der Waals surface area contributed by atoms with Crippen LogP contribution in [0.2, 0.25) is 0 Å². The summed E-state index contributed by atoms with van der Waals surface area (Å²) in [5.74, 6) is -19.3. The largest absolute Gasteiger partial charge is 0.508 e. The number of imidazole rings is 1. The molecule has 3 aliphatic rings. The number of H-pyrrole nitrogens is 3. The number of aliphatic carboxylic acids is 1. The number of likely N-dealkylation sites (N-methyl/N-ethyl adjacent to an activating group) is 2. The summed E-state index contributed by atoms with van der Waals surface area (Å²) in [6, 6.07) is 1.56. The summed E-state index contributed by atoms with van der Waals surface area (Å²) in [7, 11) is 4.01. The number of carbonyl (C=O) groups is 18. The number of aromatic amines is 3. The van der Waals surface area contributed by atoms with Gasteiger partial charge in [-0.2, -0.15) is 11.8 Å². The van der Waals surface area contributed by atoms with Crippen molar-refractivity contribution in [2.75, 3.05) is 65.5 Å². The minimum atomic E-state index is -1.83.